The zero-order chi connectivity index (χ0) is 43.9. The number of hydrogen-bond donors (Lipinski definition) is 4. The number of carbonyl (C=O) groups is 1. The highest BCUT2D eigenvalue weighted by Gasteiger charge is 2.48. The second kappa shape index (κ2) is 39.7. The number of aliphatic hydroxyl groups excluding tert-OH is 3. The lowest BCUT2D eigenvalue weighted by Crippen LogP contribution is -2.60. The van der Waals surface area contributed by atoms with Crippen LogP contribution in [0.2, 0.25) is 0 Å². The van der Waals surface area contributed by atoms with Gasteiger partial charge in [-0.25, -0.2) is 4.18 Å². The van der Waals surface area contributed by atoms with Crippen LogP contribution in [0.1, 0.15) is 232 Å². The summed E-state index contributed by atoms with van der Waals surface area (Å²) in [7, 11) is -5.06. The topological polar surface area (TPSA) is 178 Å². The Morgan fingerprint density at radius 2 is 0.950 bits per heavy atom. The predicted molar refractivity (Wildman–Crippen MR) is 239 cm³/mol. The summed E-state index contributed by atoms with van der Waals surface area (Å²) in [6.07, 6.45) is 32.9. The first-order chi connectivity index (χ1) is 29.1. The third kappa shape index (κ3) is 32.7. The van der Waals surface area contributed by atoms with Crippen LogP contribution in [0.5, 0.6) is 0 Å². The molecule has 0 aliphatic carbocycles. The van der Waals surface area contributed by atoms with Crippen LogP contribution in [0.4, 0.5) is 0 Å². The molecule has 0 amide bonds. The summed E-state index contributed by atoms with van der Waals surface area (Å²) in [5, 5.41) is 30.7. The molecule has 0 saturated carbocycles. The van der Waals surface area contributed by atoms with E-state index in [0.29, 0.717) is 13.0 Å². The van der Waals surface area contributed by atoms with Gasteiger partial charge in [-0.05, 0) is 12.8 Å². The van der Waals surface area contributed by atoms with Gasteiger partial charge in [0.05, 0.1) is 19.8 Å². The molecule has 6 unspecified atom stereocenters. The summed E-state index contributed by atoms with van der Waals surface area (Å²) < 4.78 is 59.1. The van der Waals surface area contributed by atoms with Crippen molar-refractivity contribution in [3.05, 3.63) is 0 Å². The summed E-state index contributed by atoms with van der Waals surface area (Å²) in [5.41, 5.74) is 0. The van der Waals surface area contributed by atoms with Crippen LogP contribution in [0.15, 0.2) is 0 Å². The standard InChI is InChI=1S/C47H92O12S/c1-3-5-7-9-11-13-15-17-18-19-20-21-22-23-24-25-27-29-31-33-35-37-55-39-41(57-43(49)36-34-32-30-28-26-16-14-12-10-8-6-4-2)40-56-47-45(51)46(59-60(52,53)54)44(50)42(38-48)58-47/h41-42,44-48,50-51H,3-40H2,1-2H3,(H,52,53,54). The van der Waals surface area contributed by atoms with E-state index in [1.54, 1.807) is 0 Å². The van der Waals surface area contributed by atoms with Gasteiger partial charge in [0.15, 0.2) is 6.29 Å². The fraction of sp³-hybridized carbons (Fsp3) is 0.979. The molecule has 6 atom stereocenters. The first kappa shape index (κ1) is 57.1. The molecular formula is C47H92O12S. The molecule has 0 radical (unpaired) electrons. The van der Waals surface area contributed by atoms with Gasteiger partial charge in [-0.15, -0.1) is 0 Å². The molecule has 60 heavy (non-hydrogen) atoms. The van der Waals surface area contributed by atoms with E-state index in [4.69, 9.17) is 23.5 Å². The number of esters is 1. The van der Waals surface area contributed by atoms with Gasteiger partial charge < -0.3 is 34.3 Å². The molecule has 0 aromatic heterocycles. The fourth-order valence-corrected chi connectivity index (χ4v) is 8.48. The number of carbonyl (C=O) groups excluding carboxylic acids is 1. The average Bonchev–Trinajstić information content (AvgIpc) is 3.22. The lowest BCUT2D eigenvalue weighted by Gasteiger charge is -2.41. The number of ether oxygens (including phenoxy) is 4. The molecule has 358 valence electrons. The average molecular weight is 881 g/mol. The van der Waals surface area contributed by atoms with Gasteiger partial charge in [0.1, 0.15) is 30.5 Å². The highest BCUT2D eigenvalue weighted by atomic mass is 32.3. The summed E-state index contributed by atoms with van der Waals surface area (Å²) in [6.45, 7) is 4.04. The molecule has 1 aliphatic rings. The minimum absolute atomic E-state index is 0.0448. The molecule has 0 bridgehead atoms. The minimum Gasteiger partial charge on any atom is -0.457 e. The van der Waals surface area contributed by atoms with Crippen molar-refractivity contribution in [2.75, 3.05) is 26.4 Å². The summed E-state index contributed by atoms with van der Waals surface area (Å²) in [5.74, 6) is -0.394. The van der Waals surface area contributed by atoms with Crippen molar-refractivity contribution >= 4 is 16.4 Å². The molecule has 0 spiro atoms. The summed E-state index contributed by atoms with van der Waals surface area (Å²) in [6, 6.07) is 0. The molecule has 1 rings (SSSR count). The third-order valence-corrected chi connectivity index (χ3v) is 12.2. The monoisotopic (exact) mass is 881 g/mol. The molecule has 1 heterocycles. The summed E-state index contributed by atoms with van der Waals surface area (Å²) in [4.78, 5) is 12.8. The molecule has 13 heteroatoms. The van der Waals surface area contributed by atoms with Gasteiger partial charge in [0, 0.05) is 13.0 Å². The maximum atomic E-state index is 12.8. The van der Waals surface area contributed by atoms with Crippen LogP contribution < -0.4 is 0 Å². The smallest absolute Gasteiger partial charge is 0.397 e. The van der Waals surface area contributed by atoms with Crippen molar-refractivity contribution < 1.29 is 56.2 Å². The first-order valence-corrected chi connectivity index (χ1v) is 26.2. The molecule has 1 aliphatic heterocycles. The lowest BCUT2D eigenvalue weighted by atomic mass is 9.99. The van der Waals surface area contributed by atoms with Gasteiger partial charge in [0.25, 0.3) is 0 Å². The highest BCUT2D eigenvalue weighted by molar-refractivity contribution is 7.80. The Morgan fingerprint density at radius 3 is 1.33 bits per heavy atom. The molecule has 0 aromatic rings. The Balaban J connectivity index is 2.32. The van der Waals surface area contributed by atoms with Gasteiger partial charge in [-0.2, -0.15) is 8.42 Å². The van der Waals surface area contributed by atoms with Crippen molar-refractivity contribution in [3.8, 4) is 0 Å². The second-order valence-electron chi connectivity index (χ2n) is 17.4. The van der Waals surface area contributed by atoms with E-state index < -0.39 is 59.8 Å². The number of aliphatic hydroxyl groups is 3. The first-order valence-electron chi connectivity index (χ1n) is 24.8. The Kier molecular flexibility index (Phi) is 37.8. The van der Waals surface area contributed by atoms with Crippen LogP contribution in [0.25, 0.3) is 0 Å². The van der Waals surface area contributed by atoms with Crippen molar-refractivity contribution in [1.29, 1.82) is 0 Å². The highest BCUT2D eigenvalue weighted by Crippen LogP contribution is 2.26. The zero-order valence-corrected chi connectivity index (χ0v) is 39.1. The minimum atomic E-state index is -5.06. The van der Waals surface area contributed by atoms with E-state index >= 15 is 0 Å². The zero-order valence-electron chi connectivity index (χ0n) is 38.3. The van der Waals surface area contributed by atoms with Crippen molar-refractivity contribution in [2.45, 2.75) is 269 Å². The summed E-state index contributed by atoms with van der Waals surface area (Å²) >= 11 is 0. The van der Waals surface area contributed by atoms with E-state index in [0.717, 1.165) is 38.5 Å². The quantitative estimate of drug-likeness (QED) is 0.0259. The van der Waals surface area contributed by atoms with Crippen molar-refractivity contribution in [3.63, 3.8) is 0 Å². The molecule has 0 aromatic carbocycles. The Labute approximate surface area is 366 Å². The normalized spacial score (nSPS) is 20.1. The van der Waals surface area contributed by atoms with E-state index in [9.17, 15) is 28.5 Å². The van der Waals surface area contributed by atoms with Gasteiger partial charge in [-0.1, -0.05) is 213 Å². The van der Waals surface area contributed by atoms with Crippen molar-refractivity contribution in [2.24, 2.45) is 0 Å². The van der Waals surface area contributed by atoms with E-state index in [2.05, 4.69) is 18.0 Å². The third-order valence-electron chi connectivity index (χ3n) is 11.7. The van der Waals surface area contributed by atoms with Crippen LogP contribution in [0, 0.1) is 0 Å². The molecular weight excluding hydrogens is 789 g/mol. The molecule has 1 saturated heterocycles. The molecule has 4 N–H and O–H groups in total. The van der Waals surface area contributed by atoms with E-state index in [1.807, 2.05) is 0 Å². The van der Waals surface area contributed by atoms with Crippen LogP contribution in [-0.4, -0.2) is 97.5 Å². The Hall–Kier alpha value is -0.900. The van der Waals surface area contributed by atoms with E-state index in [-0.39, 0.29) is 19.6 Å². The van der Waals surface area contributed by atoms with Gasteiger partial charge >= 0.3 is 16.4 Å². The number of unbranched alkanes of at least 4 members (excludes halogenated alkanes) is 31. The second-order valence-corrected chi connectivity index (χ2v) is 18.5. The fourth-order valence-electron chi connectivity index (χ4n) is 7.97. The Bertz CT molecular complexity index is 1060. The molecule has 1 fully saturated rings. The number of rotatable bonds is 44. The lowest BCUT2D eigenvalue weighted by molar-refractivity contribution is -0.301. The predicted octanol–water partition coefficient (Wildman–Crippen LogP) is 10.9. The number of hydrogen-bond acceptors (Lipinski definition) is 11. The van der Waals surface area contributed by atoms with E-state index in [1.165, 1.54) is 167 Å². The van der Waals surface area contributed by atoms with Crippen LogP contribution >= 0.6 is 0 Å². The van der Waals surface area contributed by atoms with Crippen LogP contribution in [0.3, 0.4) is 0 Å². The van der Waals surface area contributed by atoms with Crippen molar-refractivity contribution in [1.82, 2.24) is 0 Å². The maximum Gasteiger partial charge on any atom is 0.397 e. The molecule has 12 nitrogen and oxygen atoms in total. The van der Waals surface area contributed by atoms with Gasteiger partial charge in [-0.3, -0.25) is 9.35 Å². The SMILES string of the molecule is CCCCCCCCCCCCCCCCCCCCCCCOCC(COC1OC(CO)C(O)C(OS(=O)(=O)O)C1O)OC(=O)CCCCCCCCCCCCCC. The Morgan fingerprint density at radius 1 is 0.567 bits per heavy atom. The largest absolute Gasteiger partial charge is 0.457 e. The maximum absolute atomic E-state index is 12.8. The van der Waals surface area contributed by atoms with Gasteiger partial charge in [0.2, 0.25) is 0 Å². The van der Waals surface area contributed by atoms with Crippen LogP contribution in [-0.2, 0) is 38.3 Å².